The molecule has 1 fully saturated rings. The molecule has 5 rings (SSSR count). The quantitative estimate of drug-likeness (QED) is 0.472. The van der Waals surface area contributed by atoms with Crippen molar-refractivity contribution in [2.75, 3.05) is 26.2 Å². The number of β-amino-alcohol motifs (C(OH)–C–C–N with tert-alkyl or cyclic N) is 1. The first-order valence-electron chi connectivity index (χ1n) is 12.8. The van der Waals surface area contributed by atoms with E-state index in [4.69, 9.17) is 4.74 Å². The predicted molar refractivity (Wildman–Crippen MR) is 134 cm³/mol. The van der Waals surface area contributed by atoms with Gasteiger partial charge in [-0.25, -0.2) is 8.78 Å². The van der Waals surface area contributed by atoms with Gasteiger partial charge < -0.3 is 14.8 Å². The van der Waals surface area contributed by atoms with Crippen LogP contribution in [0, 0.1) is 11.6 Å². The van der Waals surface area contributed by atoms with Crippen LogP contribution in [0.5, 0.6) is 5.75 Å². The number of benzene rings is 2. The zero-order valence-electron chi connectivity index (χ0n) is 20.7. The lowest BCUT2D eigenvalue weighted by Gasteiger charge is -2.42. The van der Waals surface area contributed by atoms with Gasteiger partial charge in [-0.1, -0.05) is 31.5 Å². The van der Waals surface area contributed by atoms with E-state index < -0.39 is 23.8 Å². The summed E-state index contributed by atoms with van der Waals surface area (Å²) >= 11 is 0. The molecule has 2 N–H and O–H groups in total. The second kappa shape index (κ2) is 9.88. The molecule has 2 aliphatic heterocycles. The Hall–Kier alpha value is -2.48. The van der Waals surface area contributed by atoms with Gasteiger partial charge in [0.15, 0.2) is 0 Å². The molecule has 2 aromatic carbocycles. The van der Waals surface area contributed by atoms with E-state index >= 15 is 8.78 Å². The maximum absolute atomic E-state index is 15.7. The average Bonchev–Trinajstić information content (AvgIpc) is 3.14. The van der Waals surface area contributed by atoms with Gasteiger partial charge in [0.25, 0.3) is 0 Å². The monoisotopic (exact) mass is 483 g/mol. The zero-order valence-corrected chi connectivity index (χ0v) is 20.7. The van der Waals surface area contributed by atoms with Crippen molar-refractivity contribution in [3.63, 3.8) is 0 Å². The van der Waals surface area contributed by atoms with Crippen molar-refractivity contribution in [3.05, 3.63) is 64.9 Å². The van der Waals surface area contributed by atoms with E-state index in [0.717, 1.165) is 61.1 Å². The second-order valence-corrected chi connectivity index (χ2v) is 10.2. The maximum Gasteiger partial charge on any atom is 0.135 e. The Bertz CT molecular complexity index is 1170. The van der Waals surface area contributed by atoms with Crippen LogP contribution in [-0.4, -0.2) is 64.3 Å². The third-order valence-corrected chi connectivity index (χ3v) is 7.37. The van der Waals surface area contributed by atoms with Crippen LogP contribution in [0.3, 0.4) is 0 Å². The van der Waals surface area contributed by atoms with Crippen molar-refractivity contribution < 1.29 is 18.6 Å². The van der Waals surface area contributed by atoms with Crippen LogP contribution in [0.4, 0.5) is 8.78 Å². The van der Waals surface area contributed by atoms with E-state index in [1.165, 1.54) is 12.1 Å². The molecule has 0 radical (unpaired) electrons. The number of aliphatic hydroxyl groups is 1. The molecule has 35 heavy (non-hydrogen) atoms. The molecule has 0 aliphatic carbocycles. The molecular formula is C28H35F2N3O2. The number of aromatic amines is 1. The van der Waals surface area contributed by atoms with Crippen molar-refractivity contribution in [2.45, 2.75) is 64.3 Å². The molecule has 188 valence electrons. The number of ether oxygens (including phenoxy) is 1. The lowest BCUT2D eigenvalue weighted by molar-refractivity contribution is 0.0189. The summed E-state index contributed by atoms with van der Waals surface area (Å²) in [5.41, 5.74) is 2.82. The van der Waals surface area contributed by atoms with Gasteiger partial charge in [0.2, 0.25) is 0 Å². The molecule has 1 saturated heterocycles. The summed E-state index contributed by atoms with van der Waals surface area (Å²) in [6.45, 7) is 8.83. The molecule has 0 saturated carbocycles. The first kappa shape index (κ1) is 24.2. The fourth-order valence-electron chi connectivity index (χ4n) is 5.65. The minimum atomic E-state index is -0.668. The Morgan fingerprint density at radius 3 is 2.57 bits per heavy atom. The van der Waals surface area contributed by atoms with Crippen molar-refractivity contribution >= 4 is 10.9 Å². The summed E-state index contributed by atoms with van der Waals surface area (Å²) in [4.78, 5) is 7.73. The Balaban J connectivity index is 1.48. The number of aliphatic hydroxyl groups excluding tert-OH is 1. The van der Waals surface area contributed by atoms with Gasteiger partial charge in [-0.3, -0.25) is 9.80 Å². The van der Waals surface area contributed by atoms with Crippen LogP contribution in [0.15, 0.2) is 36.4 Å². The van der Waals surface area contributed by atoms with E-state index in [0.29, 0.717) is 6.54 Å². The number of nitrogens with one attached hydrogen (secondary N) is 1. The third kappa shape index (κ3) is 4.69. The highest BCUT2D eigenvalue weighted by molar-refractivity contribution is 5.85. The summed E-state index contributed by atoms with van der Waals surface area (Å²) in [6, 6.07) is 9.93. The number of hydrogen-bond acceptors (Lipinski definition) is 4. The summed E-state index contributed by atoms with van der Waals surface area (Å²) in [5, 5.41) is 11.3. The van der Waals surface area contributed by atoms with Crippen LogP contribution in [0.25, 0.3) is 10.9 Å². The molecule has 0 spiro atoms. The molecule has 0 unspecified atom stereocenters. The van der Waals surface area contributed by atoms with Crippen LogP contribution in [-0.2, 0) is 6.42 Å². The van der Waals surface area contributed by atoms with E-state index in [1.54, 1.807) is 6.92 Å². The fourth-order valence-corrected chi connectivity index (χ4v) is 5.65. The number of likely N-dealkylation sites (tertiary alicyclic amines) is 1. The number of fused-ring (bicyclic) bond motifs is 3. The molecular weight excluding hydrogens is 448 g/mol. The topological polar surface area (TPSA) is 51.7 Å². The molecule has 1 aromatic heterocycles. The number of H-pyrrole nitrogens is 1. The van der Waals surface area contributed by atoms with Gasteiger partial charge in [-0.05, 0) is 44.9 Å². The molecule has 2 aliphatic rings. The molecule has 0 bridgehead atoms. The molecule has 7 heteroatoms. The van der Waals surface area contributed by atoms with Crippen LogP contribution >= 0.6 is 0 Å². The van der Waals surface area contributed by atoms with Gasteiger partial charge in [0.1, 0.15) is 23.5 Å². The summed E-state index contributed by atoms with van der Waals surface area (Å²) in [7, 11) is 0. The van der Waals surface area contributed by atoms with Crippen LogP contribution in [0.1, 0.15) is 56.5 Å². The van der Waals surface area contributed by atoms with Crippen molar-refractivity contribution in [1.29, 1.82) is 0 Å². The lowest BCUT2D eigenvalue weighted by Crippen LogP contribution is -2.53. The largest absolute Gasteiger partial charge is 0.488 e. The normalized spacial score (nSPS) is 22.2. The SMILES string of the molecule is CCCCN1CC(Oc2cc(F)c([C@@H]3c4[nH]c5ccccc5c4C[C@@H](C)N3C[C@H](C)O)c(F)c2)C1. The minimum Gasteiger partial charge on any atom is -0.488 e. The van der Waals surface area contributed by atoms with Crippen molar-refractivity contribution in [1.82, 2.24) is 14.8 Å². The van der Waals surface area contributed by atoms with Crippen LogP contribution in [0.2, 0.25) is 0 Å². The Morgan fingerprint density at radius 2 is 1.89 bits per heavy atom. The summed E-state index contributed by atoms with van der Waals surface area (Å²) in [6.07, 6.45) is 2.35. The van der Waals surface area contributed by atoms with Gasteiger partial charge in [-0.2, -0.15) is 0 Å². The van der Waals surface area contributed by atoms with Crippen molar-refractivity contribution in [3.8, 4) is 5.75 Å². The molecule has 3 heterocycles. The fraction of sp³-hybridized carbons (Fsp3) is 0.500. The highest BCUT2D eigenvalue weighted by Gasteiger charge is 2.39. The number of aromatic nitrogens is 1. The average molecular weight is 484 g/mol. The van der Waals surface area contributed by atoms with E-state index in [-0.39, 0.29) is 23.5 Å². The molecule has 5 nitrogen and oxygen atoms in total. The highest BCUT2D eigenvalue weighted by atomic mass is 19.1. The highest BCUT2D eigenvalue weighted by Crippen LogP contribution is 2.43. The Labute approximate surface area is 205 Å². The minimum absolute atomic E-state index is 0.000104. The number of halogens is 2. The molecule has 0 amide bonds. The van der Waals surface area contributed by atoms with E-state index in [1.807, 2.05) is 36.1 Å². The van der Waals surface area contributed by atoms with E-state index in [9.17, 15) is 5.11 Å². The first-order valence-corrected chi connectivity index (χ1v) is 12.8. The standard InChI is InChI=1S/C28H35F2N3O2/c1-4-5-10-32-15-20(16-32)35-19-12-23(29)26(24(30)13-19)28-27-22(11-17(2)33(28)14-18(3)34)21-8-6-7-9-25(21)31-27/h6-9,12-13,17-18,20,28,31,34H,4-5,10-11,14-16H2,1-3H3/t17-,18+,28-/m1/s1. The second-order valence-electron chi connectivity index (χ2n) is 10.2. The lowest BCUT2D eigenvalue weighted by atomic mass is 9.88. The van der Waals surface area contributed by atoms with E-state index in [2.05, 4.69) is 16.8 Å². The van der Waals surface area contributed by atoms with Crippen LogP contribution < -0.4 is 4.74 Å². The number of nitrogens with zero attached hydrogens (tertiary/aromatic N) is 2. The smallest absolute Gasteiger partial charge is 0.135 e. The maximum atomic E-state index is 15.7. The number of hydrogen-bond donors (Lipinski definition) is 2. The van der Waals surface area contributed by atoms with Gasteiger partial charge >= 0.3 is 0 Å². The Kier molecular flexibility index (Phi) is 6.84. The number of rotatable bonds is 8. The van der Waals surface area contributed by atoms with Crippen molar-refractivity contribution in [2.24, 2.45) is 0 Å². The predicted octanol–water partition coefficient (Wildman–Crippen LogP) is 5.03. The molecule has 3 atom stereocenters. The molecule has 3 aromatic rings. The van der Waals surface area contributed by atoms with Gasteiger partial charge in [0.05, 0.1) is 12.1 Å². The number of para-hydroxylation sites is 1. The summed E-state index contributed by atoms with van der Waals surface area (Å²) < 4.78 is 37.2. The first-order chi connectivity index (χ1) is 16.9. The number of unbranched alkanes of at least 4 members (excludes halogenated alkanes) is 1. The van der Waals surface area contributed by atoms with Gasteiger partial charge in [-0.15, -0.1) is 0 Å². The summed E-state index contributed by atoms with van der Waals surface area (Å²) in [5.74, 6) is -1.02. The third-order valence-electron chi connectivity index (χ3n) is 7.37. The van der Waals surface area contributed by atoms with Gasteiger partial charge in [0, 0.05) is 60.0 Å². The zero-order chi connectivity index (χ0) is 24.7. The Morgan fingerprint density at radius 1 is 1.17 bits per heavy atom.